The number of nitrogens with two attached hydrogens (primary N) is 1. The van der Waals surface area contributed by atoms with Gasteiger partial charge in [0.15, 0.2) is 0 Å². The highest BCUT2D eigenvalue weighted by atomic mass is 19.4. The molecule has 0 aromatic carbocycles. The van der Waals surface area contributed by atoms with E-state index >= 15 is 0 Å². The van der Waals surface area contributed by atoms with Crippen LogP contribution in [0.25, 0.3) is 0 Å². The Morgan fingerprint density at radius 3 is 2.30 bits per heavy atom. The Balaban J connectivity index is 2.26. The molecule has 0 heterocycles. The average Bonchev–Trinajstić information content (AvgIpc) is 2.41. The second kappa shape index (κ2) is 8.88. The van der Waals surface area contributed by atoms with E-state index in [1.807, 2.05) is 0 Å². The van der Waals surface area contributed by atoms with Crippen LogP contribution >= 0.6 is 0 Å². The average molecular weight is 294 g/mol. The zero-order valence-corrected chi connectivity index (χ0v) is 12.5. The van der Waals surface area contributed by atoms with E-state index in [1.54, 1.807) is 0 Å². The first-order valence-electron chi connectivity index (χ1n) is 7.99. The number of nitrogens with one attached hydrogen (secondary N) is 1. The van der Waals surface area contributed by atoms with Crippen molar-refractivity contribution in [3.05, 3.63) is 0 Å². The maximum absolute atomic E-state index is 12.2. The molecule has 20 heavy (non-hydrogen) atoms. The van der Waals surface area contributed by atoms with Gasteiger partial charge in [-0.1, -0.05) is 39.0 Å². The number of unbranched alkanes of at least 4 members (excludes halogenated alkanes) is 1. The van der Waals surface area contributed by atoms with Gasteiger partial charge in [0.1, 0.15) is 0 Å². The van der Waals surface area contributed by atoms with Crippen molar-refractivity contribution in [1.29, 1.82) is 0 Å². The summed E-state index contributed by atoms with van der Waals surface area (Å²) in [6.45, 7) is 2.21. The lowest BCUT2D eigenvalue weighted by atomic mass is 9.76. The minimum atomic E-state index is -4.04. The van der Waals surface area contributed by atoms with Gasteiger partial charge in [-0.2, -0.15) is 13.2 Å². The highest BCUT2D eigenvalue weighted by Gasteiger charge is 2.29. The van der Waals surface area contributed by atoms with E-state index in [-0.39, 0.29) is 12.5 Å². The molecule has 1 fully saturated rings. The maximum Gasteiger partial charge on any atom is 0.389 e. The molecule has 1 rings (SSSR count). The zero-order valence-electron chi connectivity index (χ0n) is 12.5. The smallest absolute Gasteiger partial charge is 0.271 e. The van der Waals surface area contributed by atoms with Crippen LogP contribution in [0.4, 0.5) is 13.2 Å². The molecule has 1 saturated carbocycles. The monoisotopic (exact) mass is 294 g/mol. The van der Waals surface area contributed by atoms with Crippen molar-refractivity contribution < 1.29 is 13.2 Å². The summed E-state index contributed by atoms with van der Waals surface area (Å²) in [5, 5.41) is 0. The quantitative estimate of drug-likeness (QED) is 0.509. The van der Waals surface area contributed by atoms with Crippen LogP contribution in [0.15, 0.2) is 0 Å². The highest BCUT2D eigenvalue weighted by molar-refractivity contribution is 4.81. The fourth-order valence-corrected chi connectivity index (χ4v) is 3.35. The Hall–Kier alpha value is -0.290. The molecule has 2 nitrogen and oxygen atoms in total. The van der Waals surface area contributed by atoms with E-state index in [1.165, 1.54) is 32.1 Å². The van der Waals surface area contributed by atoms with Gasteiger partial charge in [0.25, 0.3) is 0 Å². The molecule has 1 aliphatic carbocycles. The van der Waals surface area contributed by atoms with Gasteiger partial charge in [0.2, 0.25) is 0 Å². The number of hydrogen-bond donors (Lipinski definition) is 2. The van der Waals surface area contributed by atoms with Gasteiger partial charge in [0, 0.05) is 12.5 Å². The molecule has 0 spiro atoms. The summed E-state index contributed by atoms with van der Waals surface area (Å²) in [4.78, 5) is 0. The standard InChI is InChI=1S/C15H29F3N2/c1-2-3-5-12-7-9-13(10-8-12)14(20-19)6-4-11-15(16,17)18/h12-14,20H,2-11,19H2,1H3. The molecule has 0 bridgehead atoms. The van der Waals surface area contributed by atoms with Crippen molar-refractivity contribution in [3.8, 4) is 0 Å². The van der Waals surface area contributed by atoms with Crippen molar-refractivity contribution in [2.75, 3.05) is 0 Å². The lowest BCUT2D eigenvalue weighted by molar-refractivity contribution is -0.136. The minimum absolute atomic E-state index is 0.0458. The Labute approximate surface area is 120 Å². The van der Waals surface area contributed by atoms with Crippen LogP contribution in [0, 0.1) is 11.8 Å². The molecule has 0 saturated heterocycles. The van der Waals surface area contributed by atoms with Crippen LogP contribution < -0.4 is 11.3 Å². The Morgan fingerprint density at radius 1 is 1.15 bits per heavy atom. The number of hydrogen-bond acceptors (Lipinski definition) is 2. The number of hydrazine groups is 1. The van der Waals surface area contributed by atoms with Gasteiger partial charge in [-0.05, 0) is 37.5 Å². The third-order valence-corrected chi connectivity index (χ3v) is 4.62. The van der Waals surface area contributed by atoms with Gasteiger partial charge in [-0.15, -0.1) is 0 Å². The first kappa shape index (κ1) is 17.8. The lowest BCUT2D eigenvalue weighted by Gasteiger charge is -2.33. The Bertz CT molecular complexity index is 248. The van der Waals surface area contributed by atoms with Crippen LogP contribution in [0.2, 0.25) is 0 Å². The lowest BCUT2D eigenvalue weighted by Crippen LogP contribution is -2.42. The van der Waals surface area contributed by atoms with Gasteiger partial charge >= 0.3 is 6.18 Å². The molecule has 1 atom stereocenters. The summed E-state index contributed by atoms with van der Waals surface area (Å²) in [6, 6.07) is 0.0458. The number of halogens is 3. The van der Waals surface area contributed by atoms with Crippen molar-refractivity contribution in [2.24, 2.45) is 17.7 Å². The van der Waals surface area contributed by atoms with E-state index in [4.69, 9.17) is 5.84 Å². The van der Waals surface area contributed by atoms with E-state index in [9.17, 15) is 13.2 Å². The molecule has 1 unspecified atom stereocenters. The molecule has 0 aromatic heterocycles. The van der Waals surface area contributed by atoms with Crippen LogP contribution in [0.3, 0.4) is 0 Å². The first-order valence-corrected chi connectivity index (χ1v) is 7.99. The van der Waals surface area contributed by atoms with Crippen LogP contribution in [0.1, 0.15) is 71.1 Å². The molecule has 0 aromatic rings. The summed E-state index contributed by atoms with van der Waals surface area (Å²) in [5.41, 5.74) is 2.75. The highest BCUT2D eigenvalue weighted by Crippen LogP contribution is 2.35. The minimum Gasteiger partial charge on any atom is -0.271 e. The van der Waals surface area contributed by atoms with Crippen LogP contribution in [-0.2, 0) is 0 Å². The third kappa shape index (κ3) is 6.93. The number of rotatable bonds is 8. The normalized spacial score (nSPS) is 25.6. The fourth-order valence-electron chi connectivity index (χ4n) is 3.35. The molecule has 1 aliphatic rings. The predicted octanol–water partition coefficient (Wildman–Crippen LogP) is 4.55. The Kier molecular flexibility index (Phi) is 7.88. The van der Waals surface area contributed by atoms with Crippen molar-refractivity contribution in [3.63, 3.8) is 0 Å². The summed E-state index contributed by atoms with van der Waals surface area (Å²) >= 11 is 0. The Morgan fingerprint density at radius 2 is 1.80 bits per heavy atom. The van der Waals surface area contributed by atoms with E-state index in [2.05, 4.69) is 12.3 Å². The van der Waals surface area contributed by atoms with Crippen molar-refractivity contribution >= 4 is 0 Å². The van der Waals surface area contributed by atoms with Gasteiger partial charge in [-0.3, -0.25) is 11.3 Å². The zero-order chi connectivity index (χ0) is 15.0. The summed E-state index contributed by atoms with van der Waals surface area (Å²) in [5.74, 6) is 6.81. The van der Waals surface area contributed by atoms with Crippen molar-refractivity contribution in [1.82, 2.24) is 5.43 Å². The molecule has 0 radical (unpaired) electrons. The molecule has 0 amide bonds. The van der Waals surface area contributed by atoms with Crippen LogP contribution in [0.5, 0.6) is 0 Å². The van der Waals surface area contributed by atoms with E-state index in [0.717, 1.165) is 18.8 Å². The molecule has 3 N–H and O–H groups in total. The fraction of sp³-hybridized carbons (Fsp3) is 1.00. The van der Waals surface area contributed by atoms with Gasteiger partial charge in [-0.25, -0.2) is 0 Å². The summed E-state index contributed by atoms with van der Waals surface area (Å²) in [7, 11) is 0. The maximum atomic E-state index is 12.2. The second-order valence-electron chi connectivity index (χ2n) is 6.20. The van der Waals surface area contributed by atoms with Gasteiger partial charge in [0.05, 0.1) is 0 Å². The summed E-state index contributed by atoms with van der Waals surface area (Å²) in [6.07, 6.45) is 4.43. The predicted molar refractivity (Wildman–Crippen MR) is 76.0 cm³/mol. The third-order valence-electron chi connectivity index (χ3n) is 4.62. The second-order valence-corrected chi connectivity index (χ2v) is 6.20. The molecule has 5 heteroatoms. The summed E-state index contributed by atoms with van der Waals surface area (Å²) < 4.78 is 36.5. The molecule has 0 aliphatic heterocycles. The molecular formula is C15H29F3N2. The molecule has 120 valence electrons. The van der Waals surface area contributed by atoms with Gasteiger partial charge < -0.3 is 0 Å². The first-order chi connectivity index (χ1) is 9.46. The SMILES string of the molecule is CCCCC1CCC(C(CCCC(F)(F)F)NN)CC1. The van der Waals surface area contributed by atoms with Crippen molar-refractivity contribution in [2.45, 2.75) is 83.4 Å². The molecular weight excluding hydrogens is 265 g/mol. The topological polar surface area (TPSA) is 38.0 Å². The van der Waals surface area contributed by atoms with Crippen LogP contribution in [-0.4, -0.2) is 12.2 Å². The van der Waals surface area contributed by atoms with E-state index < -0.39 is 12.6 Å². The number of alkyl halides is 3. The largest absolute Gasteiger partial charge is 0.389 e. The van der Waals surface area contributed by atoms with E-state index in [0.29, 0.717) is 12.3 Å².